The molecule has 0 spiro atoms. The van der Waals surface area contributed by atoms with Crippen molar-refractivity contribution in [3.05, 3.63) is 40.0 Å². The van der Waals surface area contributed by atoms with Crippen LogP contribution in [0.4, 0.5) is 5.69 Å². The fourth-order valence-electron chi connectivity index (χ4n) is 1.78. The minimum Gasteiger partial charge on any atom is -0.493 e. The molecule has 0 radical (unpaired) electrons. The number of benzene rings is 1. The Bertz CT molecular complexity index is 597. The molecule has 0 fully saturated rings. The molecule has 1 unspecified atom stereocenters. The minimum atomic E-state index is -1.60. The summed E-state index contributed by atoms with van der Waals surface area (Å²) in [6, 6.07) is 2.34. The maximum absolute atomic E-state index is 11.6. The van der Waals surface area contributed by atoms with Gasteiger partial charge < -0.3 is 19.3 Å². The van der Waals surface area contributed by atoms with Gasteiger partial charge in [-0.05, 0) is 13.0 Å². The summed E-state index contributed by atoms with van der Waals surface area (Å²) in [5, 5.41) is 21.4. The van der Waals surface area contributed by atoms with Crippen LogP contribution in [0.2, 0.25) is 0 Å². The van der Waals surface area contributed by atoms with E-state index in [9.17, 15) is 20.0 Å². The van der Waals surface area contributed by atoms with Crippen LogP contribution in [0.1, 0.15) is 18.6 Å². The molecule has 0 amide bonds. The van der Waals surface area contributed by atoms with E-state index >= 15 is 0 Å². The lowest BCUT2D eigenvalue weighted by Gasteiger charge is -2.15. The van der Waals surface area contributed by atoms with Gasteiger partial charge in [0.25, 0.3) is 5.69 Å². The number of ether oxygens (including phenoxy) is 3. The molecule has 0 aromatic heterocycles. The van der Waals surface area contributed by atoms with Crippen molar-refractivity contribution in [3.63, 3.8) is 0 Å². The molecule has 0 bridgehead atoms. The summed E-state index contributed by atoms with van der Waals surface area (Å²) in [7, 11) is 2.68. The van der Waals surface area contributed by atoms with Crippen LogP contribution in [-0.4, -0.2) is 36.8 Å². The van der Waals surface area contributed by atoms with Crippen LogP contribution in [0.5, 0.6) is 11.5 Å². The lowest BCUT2D eigenvalue weighted by molar-refractivity contribution is -0.386. The third kappa shape index (κ3) is 3.53. The summed E-state index contributed by atoms with van der Waals surface area (Å²) in [5.41, 5.74) is -0.867. The zero-order valence-electron chi connectivity index (χ0n) is 12.5. The second-order valence-electron chi connectivity index (χ2n) is 4.17. The van der Waals surface area contributed by atoms with Gasteiger partial charge >= 0.3 is 5.97 Å². The van der Waals surface area contributed by atoms with Crippen molar-refractivity contribution in [2.75, 3.05) is 20.8 Å². The second-order valence-corrected chi connectivity index (χ2v) is 4.17. The van der Waals surface area contributed by atoms with Crippen molar-refractivity contribution in [1.29, 1.82) is 0 Å². The van der Waals surface area contributed by atoms with Gasteiger partial charge in [-0.1, -0.05) is 6.58 Å². The average molecular weight is 311 g/mol. The predicted molar refractivity (Wildman–Crippen MR) is 76.9 cm³/mol. The van der Waals surface area contributed by atoms with Crippen molar-refractivity contribution in [2.24, 2.45) is 0 Å². The molecule has 1 aromatic carbocycles. The van der Waals surface area contributed by atoms with Gasteiger partial charge in [0.15, 0.2) is 11.5 Å². The van der Waals surface area contributed by atoms with E-state index in [2.05, 4.69) is 6.58 Å². The third-order valence-electron chi connectivity index (χ3n) is 2.89. The molecule has 0 aliphatic heterocycles. The molecule has 1 N–H and O–H groups in total. The summed E-state index contributed by atoms with van der Waals surface area (Å²) in [5.74, 6) is -0.523. The summed E-state index contributed by atoms with van der Waals surface area (Å²) in [4.78, 5) is 22.1. The Balaban J connectivity index is 3.35. The van der Waals surface area contributed by atoms with Gasteiger partial charge in [0.1, 0.15) is 6.10 Å². The van der Waals surface area contributed by atoms with Crippen LogP contribution in [0.3, 0.4) is 0 Å². The Kier molecular flexibility index (Phi) is 5.88. The Morgan fingerprint density at radius 1 is 1.36 bits per heavy atom. The summed E-state index contributed by atoms with van der Waals surface area (Å²) >= 11 is 0. The number of rotatable bonds is 7. The molecule has 22 heavy (non-hydrogen) atoms. The van der Waals surface area contributed by atoms with Crippen LogP contribution in [0.25, 0.3) is 0 Å². The van der Waals surface area contributed by atoms with E-state index < -0.39 is 22.7 Å². The number of carbonyl (C=O) groups is 1. The standard InChI is InChI=1S/C14H17NO7/c1-5-22-14(17)8(2)13(16)9-6-11(20-3)12(21-4)7-10(9)15(18)19/h6-7,13,16H,2,5H2,1,3-4H3. The van der Waals surface area contributed by atoms with E-state index in [1.54, 1.807) is 6.92 Å². The second kappa shape index (κ2) is 7.41. The number of aliphatic hydroxyl groups is 1. The van der Waals surface area contributed by atoms with Crippen molar-refractivity contribution >= 4 is 11.7 Å². The van der Waals surface area contributed by atoms with Crippen LogP contribution in [-0.2, 0) is 9.53 Å². The molecule has 8 nitrogen and oxygen atoms in total. The molecular formula is C14H17NO7. The molecular weight excluding hydrogens is 294 g/mol. The maximum atomic E-state index is 11.6. The quantitative estimate of drug-likeness (QED) is 0.354. The van der Waals surface area contributed by atoms with Crippen LogP contribution < -0.4 is 9.47 Å². The highest BCUT2D eigenvalue weighted by atomic mass is 16.6. The summed E-state index contributed by atoms with van der Waals surface area (Å²) in [6.07, 6.45) is -1.60. The number of carbonyl (C=O) groups excluding carboxylic acids is 1. The first-order valence-corrected chi connectivity index (χ1v) is 6.31. The van der Waals surface area contributed by atoms with Crippen molar-refractivity contribution in [2.45, 2.75) is 13.0 Å². The molecule has 0 aliphatic carbocycles. The predicted octanol–water partition coefficient (Wildman–Crippen LogP) is 1.76. The van der Waals surface area contributed by atoms with Crippen molar-refractivity contribution in [3.8, 4) is 11.5 Å². The van der Waals surface area contributed by atoms with Crippen LogP contribution >= 0.6 is 0 Å². The number of esters is 1. The highest BCUT2D eigenvalue weighted by Gasteiger charge is 2.29. The number of hydrogen-bond donors (Lipinski definition) is 1. The highest BCUT2D eigenvalue weighted by molar-refractivity contribution is 5.89. The minimum absolute atomic E-state index is 0.0958. The van der Waals surface area contributed by atoms with Crippen molar-refractivity contribution < 1.29 is 29.0 Å². The zero-order chi connectivity index (χ0) is 16.9. The van der Waals surface area contributed by atoms with E-state index in [1.807, 2.05) is 0 Å². The topological polar surface area (TPSA) is 108 Å². The van der Waals surface area contributed by atoms with Gasteiger partial charge in [0.05, 0.1) is 43.0 Å². The number of aliphatic hydroxyl groups excluding tert-OH is 1. The number of hydrogen-bond acceptors (Lipinski definition) is 7. The van der Waals surface area contributed by atoms with E-state index in [0.29, 0.717) is 0 Å². The maximum Gasteiger partial charge on any atom is 0.336 e. The van der Waals surface area contributed by atoms with Gasteiger partial charge in [0, 0.05) is 0 Å². The first-order chi connectivity index (χ1) is 10.4. The molecule has 1 atom stereocenters. The molecule has 0 aliphatic rings. The first kappa shape index (κ1) is 17.4. The Labute approximate surface area is 127 Å². The SMILES string of the molecule is C=C(C(=O)OCC)C(O)c1cc(OC)c(OC)cc1[N+](=O)[O-]. The molecule has 0 saturated carbocycles. The largest absolute Gasteiger partial charge is 0.493 e. The fourth-order valence-corrected chi connectivity index (χ4v) is 1.78. The smallest absolute Gasteiger partial charge is 0.336 e. The molecule has 1 aromatic rings. The van der Waals surface area contributed by atoms with E-state index in [4.69, 9.17) is 14.2 Å². The molecule has 0 saturated heterocycles. The van der Waals surface area contributed by atoms with E-state index in [-0.39, 0.29) is 29.2 Å². The zero-order valence-corrected chi connectivity index (χ0v) is 12.5. The van der Waals surface area contributed by atoms with Gasteiger partial charge in [0.2, 0.25) is 0 Å². The number of methoxy groups -OCH3 is 2. The van der Waals surface area contributed by atoms with Gasteiger partial charge in [-0.2, -0.15) is 0 Å². The monoisotopic (exact) mass is 311 g/mol. The number of nitrogens with zero attached hydrogens (tertiary/aromatic N) is 1. The third-order valence-corrected chi connectivity index (χ3v) is 2.89. The average Bonchev–Trinajstić information content (AvgIpc) is 2.51. The van der Waals surface area contributed by atoms with Gasteiger partial charge in [-0.15, -0.1) is 0 Å². The highest BCUT2D eigenvalue weighted by Crippen LogP contribution is 2.39. The molecule has 0 heterocycles. The normalized spacial score (nSPS) is 11.5. The van der Waals surface area contributed by atoms with Crippen molar-refractivity contribution in [1.82, 2.24) is 0 Å². The number of nitro benzene ring substituents is 1. The van der Waals surface area contributed by atoms with Gasteiger partial charge in [-0.25, -0.2) is 4.79 Å². The van der Waals surface area contributed by atoms with E-state index in [0.717, 1.165) is 6.07 Å². The molecule has 120 valence electrons. The molecule has 1 rings (SSSR count). The first-order valence-electron chi connectivity index (χ1n) is 6.31. The Morgan fingerprint density at radius 2 is 1.91 bits per heavy atom. The summed E-state index contributed by atoms with van der Waals surface area (Å²) < 4.78 is 14.8. The Hall–Kier alpha value is -2.61. The Morgan fingerprint density at radius 3 is 2.36 bits per heavy atom. The lowest BCUT2D eigenvalue weighted by atomic mass is 10.0. The van der Waals surface area contributed by atoms with E-state index in [1.165, 1.54) is 20.3 Å². The fraction of sp³-hybridized carbons (Fsp3) is 0.357. The summed E-state index contributed by atoms with van der Waals surface area (Å²) in [6.45, 7) is 5.12. The molecule has 8 heteroatoms. The van der Waals surface area contributed by atoms with Crippen LogP contribution in [0, 0.1) is 10.1 Å². The van der Waals surface area contributed by atoms with Crippen LogP contribution in [0.15, 0.2) is 24.3 Å². The van der Waals surface area contributed by atoms with Gasteiger partial charge in [-0.3, -0.25) is 10.1 Å². The number of nitro groups is 1. The lowest BCUT2D eigenvalue weighted by Crippen LogP contribution is -2.15.